The van der Waals surface area contributed by atoms with Gasteiger partial charge in [0.25, 0.3) is 5.91 Å². The Kier molecular flexibility index (Phi) is 9.72. The van der Waals surface area contributed by atoms with Gasteiger partial charge in [-0.25, -0.2) is 10.3 Å². The number of anilines is 1. The number of hydrogen-bond donors (Lipinski definition) is 3. The Balaban J connectivity index is 1.26. The number of alkyl halides is 6. The van der Waals surface area contributed by atoms with Crippen LogP contribution in [0.1, 0.15) is 66.0 Å². The maximum atomic E-state index is 13.0. The molecule has 2 atom stereocenters. The van der Waals surface area contributed by atoms with Crippen LogP contribution in [0.4, 0.5) is 32.0 Å². The number of fused-ring (bicyclic) bond motifs is 1. The zero-order valence-electron chi connectivity index (χ0n) is 21.8. The van der Waals surface area contributed by atoms with E-state index >= 15 is 0 Å². The molecule has 1 aliphatic carbocycles. The number of aryl methyl sites for hydroxylation is 1. The van der Waals surface area contributed by atoms with E-state index in [4.69, 9.17) is 9.57 Å². The van der Waals surface area contributed by atoms with Crippen molar-refractivity contribution in [3.63, 3.8) is 0 Å². The topological polar surface area (TPSA) is 88.7 Å². The van der Waals surface area contributed by atoms with Gasteiger partial charge < -0.3 is 15.4 Å². The molecule has 0 saturated carbocycles. The number of ether oxygens (including phenoxy) is 1. The minimum atomic E-state index is -5.00. The molecular formula is C28H29F6N3O4. The molecule has 3 N–H and O–H groups in total. The Morgan fingerprint density at radius 2 is 1.71 bits per heavy atom. The van der Waals surface area contributed by atoms with Crippen molar-refractivity contribution >= 4 is 23.6 Å². The fourth-order valence-corrected chi connectivity index (χ4v) is 4.70. The summed E-state index contributed by atoms with van der Waals surface area (Å²) in [6, 6.07) is 6.58. The molecule has 0 aromatic heterocycles. The molecule has 1 aliphatic heterocycles. The third-order valence-corrected chi connectivity index (χ3v) is 6.72. The number of benzene rings is 2. The standard InChI is InChI=1S/C28H29F6N3O4/c29-27(30,31)19-14-20(28(32,33)34)16-21(15-19)36-24(38)10-11-35-23-8-6-18-13-17(4-7-22(18)23)5-9-25(39)37-41-26-3-1-2-12-40-26/h4-5,7,9,13-16,23,26,35H,1-3,6,8,10-12H2,(H,36,38)(H,37,39)/b9-5+. The number of hydrogen-bond acceptors (Lipinski definition) is 5. The first-order valence-corrected chi connectivity index (χ1v) is 13.1. The van der Waals surface area contributed by atoms with Crippen LogP contribution in [0.25, 0.3) is 6.08 Å². The Morgan fingerprint density at radius 1 is 0.976 bits per heavy atom. The molecule has 222 valence electrons. The first-order valence-electron chi connectivity index (χ1n) is 13.1. The largest absolute Gasteiger partial charge is 0.416 e. The van der Waals surface area contributed by atoms with Crippen LogP contribution in [0.2, 0.25) is 0 Å². The molecule has 0 bridgehead atoms. The van der Waals surface area contributed by atoms with E-state index in [1.165, 1.54) is 6.08 Å². The predicted octanol–water partition coefficient (Wildman–Crippen LogP) is 5.92. The van der Waals surface area contributed by atoms with Crippen molar-refractivity contribution in [2.24, 2.45) is 0 Å². The average molecular weight is 586 g/mol. The second kappa shape index (κ2) is 13.0. The first-order chi connectivity index (χ1) is 19.4. The highest BCUT2D eigenvalue weighted by Crippen LogP contribution is 2.37. The molecule has 13 heteroatoms. The third-order valence-electron chi connectivity index (χ3n) is 6.72. The highest BCUT2D eigenvalue weighted by molar-refractivity contribution is 5.91. The number of rotatable bonds is 9. The average Bonchev–Trinajstić information content (AvgIpc) is 3.32. The van der Waals surface area contributed by atoms with Crippen LogP contribution < -0.4 is 16.1 Å². The van der Waals surface area contributed by atoms with E-state index in [2.05, 4.69) is 16.1 Å². The van der Waals surface area contributed by atoms with Crippen molar-refractivity contribution in [2.75, 3.05) is 18.5 Å². The van der Waals surface area contributed by atoms with Crippen molar-refractivity contribution in [1.29, 1.82) is 0 Å². The van der Waals surface area contributed by atoms with Gasteiger partial charge in [0, 0.05) is 43.8 Å². The molecule has 2 aliphatic rings. The summed E-state index contributed by atoms with van der Waals surface area (Å²) in [5.41, 5.74) is 1.66. The van der Waals surface area contributed by atoms with Crippen LogP contribution in [0.3, 0.4) is 0 Å². The number of nitrogens with one attached hydrogen (secondary N) is 3. The molecule has 2 aromatic carbocycles. The molecule has 2 aromatic rings. The van der Waals surface area contributed by atoms with Gasteiger partial charge in [-0.15, -0.1) is 0 Å². The second-order valence-electron chi connectivity index (χ2n) is 9.81. The fourth-order valence-electron chi connectivity index (χ4n) is 4.70. The SMILES string of the molecule is O=C(/C=C/c1ccc2c(c1)CCC2NCCC(=O)Nc1cc(C(F)(F)F)cc(C(F)(F)F)c1)NOC1CCCCO1. The van der Waals surface area contributed by atoms with E-state index in [0.29, 0.717) is 25.2 Å². The third kappa shape index (κ3) is 8.78. The number of carbonyl (C=O) groups is 2. The predicted molar refractivity (Wildman–Crippen MR) is 137 cm³/mol. The van der Waals surface area contributed by atoms with Crippen LogP contribution in [-0.2, 0) is 37.9 Å². The van der Waals surface area contributed by atoms with Crippen molar-refractivity contribution < 1.29 is 45.5 Å². The van der Waals surface area contributed by atoms with Crippen LogP contribution in [0, 0.1) is 0 Å². The van der Waals surface area contributed by atoms with Crippen molar-refractivity contribution in [3.8, 4) is 0 Å². The maximum Gasteiger partial charge on any atom is 0.416 e. The van der Waals surface area contributed by atoms with Gasteiger partial charge in [-0.2, -0.15) is 26.3 Å². The van der Waals surface area contributed by atoms with Gasteiger partial charge in [0.05, 0.1) is 11.1 Å². The summed E-state index contributed by atoms with van der Waals surface area (Å²) in [6.07, 6.45) is -3.45. The lowest BCUT2D eigenvalue weighted by Crippen LogP contribution is -2.32. The Morgan fingerprint density at radius 3 is 2.37 bits per heavy atom. The van der Waals surface area contributed by atoms with Crippen molar-refractivity contribution in [3.05, 3.63) is 70.3 Å². The summed E-state index contributed by atoms with van der Waals surface area (Å²) in [5.74, 6) is -1.14. The van der Waals surface area contributed by atoms with Crippen molar-refractivity contribution in [2.45, 2.75) is 63.2 Å². The summed E-state index contributed by atoms with van der Waals surface area (Å²) in [4.78, 5) is 29.6. The molecule has 0 spiro atoms. The normalized spacial score (nSPS) is 19.3. The molecule has 1 heterocycles. The summed E-state index contributed by atoms with van der Waals surface area (Å²) in [6.45, 7) is 0.758. The van der Waals surface area contributed by atoms with E-state index in [0.717, 1.165) is 42.4 Å². The van der Waals surface area contributed by atoms with Gasteiger partial charge in [0.2, 0.25) is 5.91 Å². The monoisotopic (exact) mass is 585 g/mol. The maximum absolute atomic E-state index is 13.0. The minimum absolute atomic E-state index is 0.00670. The Labute approximate surface area is 232 Å². The molecule has 1 fully saturated rings. The van der Waals surface area contributed by atoms with Gasteiger partial charge in [0.1, 0.15) is 0 Å². The van der Waals surface area contributed by atoms with E-state index in [1.54, 1.807) is 6.08 Å². The zero-order valence-corrected chi connectivity index (χ0v) is 21.8. The quantitative estimate of drug-likeness (QED) is 0.193. The number of carbonyl (C=O) groups excluding carboxylic acids is 2. The Bertz CT molecular complexity index is 1240. The molecule has 2 unspecified atom stereocenters. The molecular weight excluding hydrogens is 556 g/mol. The minimum Gasteiger partial charge on any atom is -0.350 e. The number of amides is 2. The van der Waals surface area contributed by atoms with Crippen LogP contribution in [-0.4, -0.2) is 31.3 Å². The van der Waals surface area contributed by atoms with Gasteiger partial charge in [0.15, 0.2) is 6.29 Å². The van der Waals surface area contributed by atoms with Crippen molar-refractivity contribution in [1.82, 2.24) is 10.8 Å². The number of halogens is 6. The summed E-state index contributed by atoms with van der Waals surface area (Å²) in [5, 5.41) is 5.35. The van der Waals surface area contributed by atoms with E-state index in [9.17, 15) is 35.9 Å². The van der Waals surface area contributed by atoms with Crippen LogP contribution >= 0.6 is 0 Å². The fraction of sp³-hybridized carbons (Fsp3) is 0.429. The molecule has 41 heavy (non-hydrogen) atoms. The van der Waals surface area contributed by atoms with Crippen LogP contribution in [0.5, 0.6) is 0 Å². The zero-order chi connectivity index (χ0) is 29.6. The molecule has 0 radical (unpaired) electrons. The highest BCUT2D eigenvalue weighted by Gasteiger charge is 2.37. The van der Waals surface area contributed by atoms with E-state index in [1.807, 2.05) is 18.2 Å². The molecule has 2 amide bonds. The molecule has 7 nitrogen and oxygen atoms in total. The molecule has 1 saturated heterocycles. The lowest BCUT2D eigenvalue weighted by atomic mass is 10.0. The lowest BCUT2D eigenvalue weighted by Gasteiger charge is -2.21. The smallest absolute Gasteiger partial charge is 0.350 e. The lowest BCUT2D eigenvalue weighted by molar-refractivity contribution is -0.198. The summed E-state index contributed by atoms with van der Waals surface area (Å²) >= 11 is 0. The van der Waals surface area contributed by atoms with Gasteiger partial charge in [-0.3, -0.25) is 9.59 Å². The van der Waals surface area contributed by atoms with Gasteiger partial charge >= 0.3 is 12.4 Å². The van der Waals surface area contributed by atoms with E-state index in [-0.39, 0.29) is 25.1 Å². The summed E-state index contributed by atoms with van der Waals surface area (Å²) in [7, 11) is 0. The van der Waals surface area contributed by atoms with Gasteiger partial charge in [-0.1, -0.05) is 18.2 Å². The molecule has 4 rings (SSSR count). The van der Waals surface area contributed by atoms with E-state index < -0.39 is 47.3 Å². The van der Waals surface area contributed by atoms with Gasteiger partial charge in [-0.05, 0) is 66.6 Å². The highest BCUT2D eigenvalue weighted by atomic mass is 19.4. The van der Waals surface area contributed by atoms with Crippen LogP contribution in [0.15, 0.2) is 42.5 Å². The number of hydroxylamine groups is 1. The second-order valence-corrected chi connectivity index (χ2v) is 9.81. The first kappa shape index (κ1) is 30.5. The summed E-state index contributed by atoms with van der Waals surface area (Å²) < 4.78 is 83.7. The Hall–Kier alpha value is -3.42.